The maximum Gasteiger partial charge on any atom is 0.216 e. The van der Waals surface area contributed by atoms with Crippen LogP contribution in [0.25, 0.3) is 61.4 Å². The summed E-state index contributed by atoms with van der Waals surface area (Å²) < 4.78 is 8.54. The van der Waals surface area contributed by atoms with Crippen molar-refractivity contribution >= 4 is 46.4 Å². The van der Waals surface area contributed by atoms with Gasteiger partial charge < -0.3 is 14.0 Å². The van der Waals surface area contributed by atoms with Crippen LogP contribution < -0.4 is 5.19 Å². The number of para-hydroxylation sites is 2. The van der Waals surface area contributed by atoms with Crippen molar-refractivity contribution in [2.45, 2.75) is 67.1 Å². The van der Waals surface area contributed by atoms with Crippen LogP contribution in [-0.2, 0) is 20.1 Å². The van der Waals surface area contributed by atoms with Gasteiger partial charge in [-0.3, -0.25) is 4.98 Å². The number of rotatable bonds is 5. The second-order valence-corrected chi connectivity index (χ2v) is 19.9. The summed E-state index contributed by atoms with van der Waals surface area (Å²) in [5.74, 6) is 1.36. The van der Waals surface area contributed by atoms with E-state index >= 15 is 0 Å². The molecule has 0 bridgehead atoms. The molecule has 0 spiro atoms. The van der Waals surface area contributed by atoms with E-state index in [9.17, 15) is 0 Å². The third kappa shape index (κ3) is 7.05. The van der Waals surface area contributed by atoms with Crippen molar-refractivity contribution < 1.29 is 24.5 Å². The molecular formula is C45H44IrN4OSi-2. The molecule has 52 heavy (non-hydrogen) atoms. The van der Waals surface area contributed by atoms with E-state index in [1.54, 1.807) is 0 Å². The van der Waals surface area contributed by atoms with E-state index in [2.05, 4.69) is 136 Å². The van der Waals surface area contributed by atoms with Gasteiger partial charge in [0, 0.05) is 43.1 Å². The van der Waals surface area contributed by atoms with E-state index in [1.165, 1.54) is 27.4 Å². The summed E-state index contributed by atoms with van der Waals surface area (Å²) in [6, 6.07) is 37.7. The summed E-state index contributed by atoms with van der Waals surface area (Å²) in [5, 5.41) is 3.51. The molecule has 4 heterocycles. The van der Waals surface area contributed by atoms with Crippen molar-refractivity contribution in [2.75, 3.05) is 0 Å². The summed E-state index contributed by atoms with van der Waals surface area (Å²) in [4.78, 5) is 14.3. The van der Waals surface area contributed by atoms with E-state index < -0.39 is 8.07 Å². The van der Waals surface area contributed by atoms with E-state index in [-0.39, 0.29) is 20.1 Å². The summed E-state index contributed by atoms with van der Waals surface area (Å²) in [6.07, 6.45) is 2.09. The fourth-order valence-corrected chi connectivity index (χ4v) is 8.78. The first kappa shape index (κ1) is 37.1. The van der Waals surface area contributed by atoms with Gasteiger partial charge in [-0.2, -0.15) is 0 Å². The first-order valence-corrected chi connectivity index (χ1v) is 21.1. The zero-order valence-corrected chi connectivity index (χ0v) is 34.7. The molecule has 1 radical (unpaired) electrons. The number of benzene rings is 4. The molecule has 265 valence electrons. The molecule has 0 amide bonds. The van der Waals surface area contributed by atoms with Crippen molar-refractivity contribution in [3.8, 4) is 28.3 Å². The Balaban J connectivity index is 0.000000200. The summed E-state index contributed by atoms with van der Waals surface area (Å²) in [7, 11) is -1.34. The molecule has 0 saturated heterocycles. The van der Waals surface area contributed by atoms with Crippen molar-refractivity contribution in [1.29, 1.82) is 0 Å². The molecule has 0 atom stereocenters. The van der Waals surface area contributed by atoms with Gasteiger partial charge in [0.1, 0.15) is 0 Å². The van der Waals surface area contributed by atoms with E-state index in [0.29, 0.717) is 11.6 Å². The Hall–Kier alpha value is -4.68. The number of hydrogen-bond acceptors (Lipinski definition) is 4. The number of aryl methyl sites for hydroxylation is 4. The molecule has 7 heteroatoms. The van der Waals surface area contributed by atoms with Gasteiger partial charge >= 0.3 is 0 Å². The number of fused-ring (bicyclic) bond motifs is 4. The minimum Gasteiger partial charge on any atom is -0.486 e. The fourth-order valence-electron chi connectivity index (χ4n) is 7.10. The molecule has 4 aromatic heterocycles. The van der Waals surface area contributed by atoms with E-state index in [4.69, 9.17) is 9.40 Å². The van der Waals surface area contributed by atoms with Gasteiger partial charge in [0.05, 0.1) is 30.5 Å². The predicted molar refractivity (Wildman–Crippen MR) is 215 cm³/mol. The molecule has 8 rings (SSSR count). The minimum absolute atomic E-state index is 0. The Morgan fingerprint density at radius 3 is 2.19 bits per heavy atom. The van der Waals surface area contributed by atoms with Crippen LogP contribution in [0, 0.1) is 39.8 Å². The van der Waals surface area contributed by atoms with Gasteiger partial charge in [0.25, 0.3) is 0 Å². The van der Waals surface area contributed by atoms with Gasteiger partial charge in [-0.05, 0) is 79.9 Å². The number of imidazole rings is 1. The Bertz CT molecular complexity index is 2520. The number of pyridine rings is 2. The molecule has 0 aliphatic rings. The molecule has 0 aliphatic heterocycles. The Kier molecular flexibility index (Phi) is 10.5. The van der Waals surface area contributed by atoms with E-state index in [0.717, 1.165) is 61.4 Å². The zero-order chi connectivity index (χ0) is 36.0. The average Bonchev–Trinajstić information content (AvgIpc) is 3.66. The van der Waals surface area contributed by atoms with Crippen LogP contribution in [0.15, 0.2) is 102 Å². The van der Waals surface area contributed by atoms with Crippen molar-refractivity contribution in [1.82, 2.24) is 19.5 Å². The van der Waals surface area contributed by atoms with E-state index in [1.807, 2.05) is 49.4 Å². The van der Waals surface area contributed by atoms with Gasteiger partial charge in [-0.25, -0.2) is 4.98 Å². The van der Waals surface area contributed by atoms with Crippen LogP contribution in [0.3, 0.4) is 0 Å². The summed E-state index contributed by atoms with van der Waals surface area (Å²) in [5.41, 5.74) is 13.6. The third-order valence-electron chi connectivity index (χ3n) is 9.43. The SMILES string of the molecule is CC(C)c1cc(-c2[c-]cccc2)ncc1[Si](C)(C)C.Cc1cc(C)c(-n2c(-c3[c-]ccc4c3oc3nc(C)ccc34)nc3ccccc32)c(C)c1.[Ir]. The first-order chi connectivity index (χ1) is 24.4. The largest absolute Gasteiger partial charge is 0.486 e. The summed E-state index contributed by atoms with van der Waals surface area (Å²) in [6.45, 7) is 20.1. The molecule has 5 nitrogen and oxygen atoms in total. The average molecular weight is 877 g/mol. The molecule has 0 saturated carbocycles. The molecule has 4 aromatic carbocycles. The molecule has 0 aliphatic carbocycles. The van der Waals surface area contributed by atoms with Crippen LogP contribution in [0.5, 0.6) is 0 Å². The van der Waals surface area contributed by atoms with Crippen LogP contribution in [-0.4, -0.2) is 27.6 Å². The number of hydrogen-bond donors (Lipinski definition) is 0. The second kappa shape index (κ2) is 14.7. The van der Waals surface area contributed by atoms with Crippen molar-refractivity contribution in [3.63, 3.8) is 0 Å². The second-order valence-electron chi connectivity index (χ2n) is 14.8. The standard InChI is InChI=1S/C28H22N3O.C17H22NSi.Ir/c1-16-14-17(2)25(18(3)15-16)31-24-11-6-5-10-23(24)30-27(31)22-9-7-8-20-21-13-12-19(4)29-28(21)32-26(20)22;1-13(2)15-11-16(14-9-7-6-8-10-14)18-12-17(15)19(3,4)5;/h5-8,10-15H,1-4H3;6-9,11-13H,1-5H3;/q2*-1;. The molecule has 0 fully saturated rings. The van der Waals surface area contributed by atoms with Gasteiger partial charge in [-0.15, -0.1) is 54.1 Å². The zero-order valence-electron chi connectivity index (χ0n) is 31.3. The third-order valence-corrected chi connectivity index (χ3v) is 11.5. The molecule has 0 N–H and O–H groups in total. The fraction of sp³-hybridized carbons (Fsp3) is 0.222. The number of aromatic nitrogens is 4. The van der Waals surface area contributed by atoms with Crippen LogP contribution in [0.1, 0.15) is 47.7 Å². The van der Waals surface area contributed by atoms with Crippen LogP contribution in [0.4, 0.5) is 0 Å². The van der Waals surface area contributed by atoms with Crippen molar-refractivity contribution in [2.24, 2.45) is 0 Å². The number of furan rings is 1. The van der Waals surface area contributed by atoms with Crippen molar-refractivity contribution in [3.05, 3.63) is 137 Å². The quantitative estimate of drug-likeness (QED) is 0.128. The molecule has 0 unspecified atom stereocenters. The number of nitrogens with zero attached hydrogens (tertiary/aromatic N) is 4. The topological polar surface area (TPSA) is 56.7 Å². The maximum atomic E-state index is 6.29. The maximum absolute atomic E-state index is 6.29. The van der Waals surface area contributed by atoms with Crippen LogP contribution in [0.2, 0.25) is 19.6 Å². The van der Waals surface area contributed by atoms with Crippen LogP contribution >= 0.6 is 0 Å². The summed E-state index contributed by atoms with van der Waals surface area (Å²) >= 11 is 0. The smallest absolute Gasteiger partial charge is 0.216 e. The van der Waals surface area contributed by atoms with Gasteiger partial charge in [0.2, 0.25) is 5.71 Å². The van der Waals surface area contributed by atoms with Gasteiger partial charge in [0.15, 0.2) is 0 Å². The minimum atomic E-state index is -1.34. The predicted octanol–water partition coefficient (Wildman–Crippen LogP) is 11.2. The Labute approximate surface area is 321 Å². The first-order valence-electron chi connectivity index (χ1n) is 17.6. The van der Waals surface area contributed by atoms with Gasteiger partial charge in [-0.1, -0.05) is 85.9 Å². The Morgan fingerprint density at radius 2 is 1.50 bits per heavy atom. The molecule has 8 aromatic rings. The monoisotopic (exact) mass is 877 g/mol. The molecular weight excluding hydrogens is 833 g/mol. The normalized spacial score (nSPS) is 11.6. The Morgan fingerprint density at radius 1 is 0.769 bits per heavy atom.